The number of carbonyl (C=O) groups excluding carboxylic acids is 1. The lowest BCUT2D eigenvalue weighted by atomic mass is 10.2. The van der Waals surface area contributed by atoms with E-state index in [1.165, 1.54) is 11.3 Å². The van der Waals surface area contributed by atoms with Gasteiger partial charge in [0.15, 0.2) is 5.78 Å². The monoisotopic (exact) mass is 222 g/mol. The van der Waals surface area contributed by atoms with E-state index >= 15 is 0 Å². The first kappa shape index (κ1) is 9.92. The Morgan fingerprint density at radius 1 is 1.67 bits per heavy atom. The third kappa shape index (κ3) is 2.24. The molecule has 0 fully saturated rings. The molecule has 0 spiro atoms. The van der Waals surface area contributed by atoms with Crippen molar-refractivity contribution in [2.75, 3.05) is 7.11 Å². The summed E-state index contributed by atoms with van der Waals surface area (Å²) in [7, 11) is 1.59. The molecule has 15 heavy (non-hydrogen) atoms. The van der Waals surface area contributed by atoms with E-state index in [-0.39, 0.29) is 5.78 Å². The molecule has 0 atom stereocenters. The molecule has 4 nitrogen and oxygen atoms in total. The number of aromatic amines is 1. The van der Waals surface area contributed by atoms with Crippen molar-refractivity contribution in [1.29, 1.82) is 0 Å². The molecule has 0 saturated heterocycles. The summed E-state index contributed by atoms with van der Waals surface area (Å²) in [4.78, 5) is 19.3. The van der Waals surface area contributed by atoms with Gasteiger partial charge in [-0.2, -0.15) is 0 Å². The van der Waals surface area contributed by atoms with Crippen LogP contribution >= 0.6 is 11.3 Å². The Hall–Kier alpha value is -1.62. The molecule has 0 amide bonds. The van der Waals surface area contributed by atoms with Gasteiger partial charge in [0.05, 0.1) is 18.4 Å². The molecule has 0 aromatic carbocycles. The largest absolute Gasteiger partial charge is 0.496 e. The minimum atomic E-state index is 0.0539. The number of methoxy groups -OCH3 is 1. The van der Waals surface area contributed by atoms with Gasteiger partial charge in [0.1, 0.15) is 11.6 Å². The van der Waals surface area contributed by atoms with Gasteiger partial charge in [0.25, 0.3) is 0 Å². The van der Waals surface area contributed by atoms with Gasteiger partial charge < -0.3 is 9.72 Å². The highest BCUT2D eigenvalue weighted by Gasteiger charge is 2.11. The van der Waals surface area contributed by atoms with Crippen LogP contribution in [0.4, 0.5) is 0 Å². The number of nitrogens with zero attached hydrogens (tertiary/aromatic N) is 1. The van der Waals surface area contributed by atoms with Gasteiger partial charge >= 0.3 is 0 Å². The van der Waals surface area contributed by atoms with E-state index in [4.69, 9.17) is 4.74 Å². The van der Waals surface area contributed by atoms with Crippen LogP contribution < -0.4 is 4.74 Å². The van der Waals surface area contributed by atoms with Crippen molar-refractivity contribution in [2.24, 2.45) is 0 Å². The predicted octanol–water partition coefficient (Wildman–Crippen LogP) is 1.91. The number of imidazole rings is 1. The van der Waals surface area contributed by atoms with Crippen LogP contribution in [-0.2, 0) is 6.42 Å². The smallest absolute Gasteiger partial charge is 0.180 e. The molecule has 78 valence electrons. The summed E-state index contributed by atoms with van der Waals surface area (Å²) in [5.74, 6) is 1.47. The fourth-order valence-corrected chi connectivity index (χ4v) is 2.00. The standard InChI is InChI=1S/C10H10N2O2S/c1-14-7-4-9(15-6-7)8(13)5-10-11-2-3-12-10/h2-4,6H,5H2,1H3,(H,11,12). The van der Waals surface area contributed by atoms with Crippen LogP contribution in [-0.4, -0.2) is 22.9 Å². The summed E-state index contributed by atoms with van der Waals surface area (Å²) in [6, 6.07) is 1.75. The fraction of sp³-hybridized carbons (Fsp3) is 0.200. The number of nitrogens with one attached hydrogen (secondary N) is 1. The molecule has 0 saturated carbocycles. The Kier molecular flexibility index (Phi) is 2.82. The maximum Gasteiger partial charge on any atom is 0.180 e. The molecule has 0 bridgehead atoms. The van der Waals surface area contributed by atoms with Crippen LogP contribution in [0.15, 0.2) is 23.8 Å². The number of Topliss-reactive ketones (excluding diaryl/α,β-unsaturated/α-hetero) is 1. The second-order valence-corrected chi connectivity index (χ2v) is 3.90. The summed E-state index contributed by atoms with van der Waals surface area (Å²) in [6.45, 7) is 0. The van der Waals surface area contributed by atoms with Gasteiger partial charge in [-0.15, -0.1) is 11.3 Å². The minimum absolute atomic E-state index is 0.0539. The van der Waals surface area contributed by atoms with Crippen molar-refractivity contribution in [2.45, 2.75) is 6.42 Å². The van der Waals surface area contributed by atoms with E-state index in [0.29, 0.717) is 17.1 Å². The number of H-pyrrole nitrogens is 1. The van der Waals surface area contributed by atoms with E-state index in [1.807, 2.05) is 5.38 Å². The summed E-state index contributed by atoms with van der Waals surface area (Å²) < 4.78 is 5.01. The van der Waals surface area contributed by atoms with Crippen LogP contribution in [0.1, 0.15) is 15.5 Å². The van der Waals surface area contributed by atoms with Gasteiger partial charge in [0.2, 0.25) is 0 Å². The lowest BCUT2D eigenvalue weighted by Crippen LogP contribution is -2.02. The summed E-state index contributed by atoms with van der Waals surface area (Å²) in [5.41, 5.74) is 0. The maximum absolute atomic E-state index is 11.7. The fourth-order valence-electron chi connectivity index (χ4n) is 1.21. The zero-order chi connectivity index (χ0) is 10.7. The second-order valence-electron chi connectivity index (χ2n) is 2.99. The third-order valence-electron chi connectivity index (χ3n) is 1.97. The third-order valence-corrected chi connectivity index (χ3v) is 2.92. The molecule has 0 aliphatic rings. The van der Waals surface area contributed by atoms with E-state index in [2.05, 4.69) is 9.97 Å². The van der Waals surface area contributed by atoms with Crippen LogP contribution in [0.3, 0.4) is 0 Å². The molecule has 5 heteroatoms. The molecule has 0 aliphatic heterocycles. The summed E-state index contributed by atoms with van der Waals surface area (Å²) in [6.07, 6.45) is 3.64. The van der Waals surface area contributed by atoms with Gasteiger partial charge in [-0.1, -0.05) is 0 Å². The highest BCUT2D eigenvalue weighted by Crippen LogP contribution is 2.22. The lowest BCUT2D eigenvalue weighted by molar-refractivity contribution is 0.0994. The first-order valence-electron chi connectivity index (χ1n) is 4.43. The molecule has 1 N–H and O–H groups in total. The molecular formula is C10H10N2O2S. The van der Waals surface area contributed by atoms with Crippen LogP contribution in [0.25, 0.3) is 0 Å². The van der Waals surface area contributed by atoms with Gasteiger partial charge in [0, 0.05) is 23.8 Å². The molecule has 0 aliphatic carbocycles. The predicted molar refractivity (Wildman–Crippen MR) is 57.5 cm³/mol. The van der Waals surface area contributed by atoms with Crippen molar-refractivity contribution in [3.8, 4) is 5.75 Å². The topological polar surface area (TPSA) is 55.0 Å². The Morgan fingerprint density at radius 3 is 3.13 bits per heavy atom. The number of hydrogen-bond donors (Lipinski definition) is 1. The van der Waals surface area contributed by atoms with Crippen molar-refractivity contribution in [3.63, 3.8) is 0 Å². The Morgan fingerprint density at radius 2 is 2.53 bits per heavy atom. The minimum Gasteiger partial charge on any atom is -0.496 e. The van der Waals surface area contributed by atoms with Crippen LogP contribution in [0.2, 0.25) is 0 Å². The van der Waals surface area contributed by atoms with Gasteiger partial charge in [-0.25, -0.2) is 4.98 Å². The van der Waals surface area contributed by atoms with Gasteiger partial charge in [-0.3, -0.25) is 4.79 Å². The molecule has 2 heterocycles. The Balaban J connectivity index is 2.08. The van der Waals surface area contributed by atoms with Crippen LogP contribution in [0, 0.1) is 0 Å². The number of hydrogen-bond acceptors (Lipinski definition) is 4. The SMILES string of the molecule is COc1csc(C(=O)Cc2ncc[nH]2)c1. The average molecular weight is 222 g/mol. The van der Waals surface area contributed by atoms with Crippen molar-refractivity contribution in [1.82, 2.24) is 9.97 Å². The Bertz CT molecular complexity index is 448. The van der Waals surface area contributed by atoms with Crippen LogP contribution in [0.5, 0.6) is 5.75 Å². The Labute approximate surface area is 90.9 Å². The number of rotatable bonds is 4. The highest BCUT2D eigenvalue weighted by molar-refractivity contribution is 7.12. The summed E-state index contributed by atoms with van der Waals surface area (Å²) >= 11 is 1.39. The van der Waals surface area contributed by atoms with Crippen molar-refractivity contribution < 1.29 is 9.53 Å². The molecular weight excluding hydrogens is 212 g/mol. The van der Waals surface area contributed by atoms with Gasteiger partial charge in [-0.05, 0) is 0 Å². The first-order chi connectivity index (χ1) is 7.29. The van der Waals surface area contributed by atoms with Crippen molar-refractivity contribution in [3.05, 3.63) is 34.5 Å². The number of aromatic nitrogens is 2. The zero-order valence-electron chi connectivity index (χ0n) is 8.19. The lowest BCUT2D eigenvalue weighted by Gasteiger charge is -1.94. The molecule has 0 radical (unpaired) electrons. The second kappa shape index (κ2) is 4.27. The van der Waals surface area contributed by atoms with Crippen molar-refractivity contribution >= 4 is 17.1 Å². The normalized spacial score (nSPS) is 10.2. The highest BCUT2D eigenvalue weighted by atomic mass is 32.1. The number of thiophene rings is 1. The summed E-state index contributed by atoms with van der Waals surface area (Å²) in [5, 5.41) is 1.81. The maximum atomic E-state index is 11.7. The first-order valence-corrected chi connectivity index (χ1v) is 5.31. The number of ketones is 1. The molecule has 0 unspecified atom stereocenters. The average Bonchev–Trinajstić information content (AvgIpc) is 2.86. The molecule has 2 aromatic heterocycles. The van der Waals surface area contributed by atoms with E-state index < -0.39 is 0 Å². The number of carbonyl (C=O) groups is 1. The van der Waals surface area contributed by atoms with E-state index in [1.54, 1.807) is 25.6 Å². The quantitative estimate of drug-likeness (QED) is 0.804. The zero-order valence-corrected chi connectivity index (χ0v) is 9.00. The molecule has 2 rings (SSSR count). The van der Waals surface area contributed by atoms with E-state index in [9.17, 15) is 4.79 Å². The number of ether oxygens (including phenoxy) is 1. The molecule has 2 aromatic rings. The van der Waals surface area contributed by atoms with E-state index in [0.717, 1.165) is 5.75 Å².